The lowest BCUT2D eigenvalue weighted by Crippen LogP contribution is -2.14. The zero-order valence-electron chi connectivity index (χ0n) is 13.2. The van der Waals surface area contributed by atoms with E-state index in [2.05, 4.69) is 20.4 Å². The number of esters is 1. The van der Waals surface area contributed by atoms with Crippen LogP contribution in [-0.4, -0.2) is 24.0 Å². The molecule has 0 fully saturated rings. The van der Waals surface area contributed by atoms with Gasteiger partial charge in [0.25, 0.3) is 0 Å². The van der Waals surface area contributed by atoms with Crippen LogP contribution in [0.5, 0.6) is 0 Å². The Labute approximate surface area is 139 Å². The molecular weight excluding hydrogens is 313 g/mol. The number of nitrogens with zero attached hydrogens (tertiary/aromatic N) is 1. The number of carbonyl (C=O) groups excluding carboxylic acids is 2. The minimum atomic E-state index is -0.434. The van der Waals surface area contributed by atoms with E-state index in [0.29, 0.717) is 23.6 Å². The number of pyridine rings is 1. The molecule has 1 amide bonds. The van der Waals surface area contributed by atoms with E-state index in [4.69, 9.17) is 0 Å². The molecule has 0 unspecified atom stereocenters. The zero-order valence-corrected chi connectivity index (χ0v) is 13.2. The van der Waals surface area contributed by atoms with Crippen LogP contribution in [0.15, 0.2) is 42.6 Å². The number of ether oxygens (including phenoxy) is 1. The van der Waals surface area contributed by atoms with Crippen molar-refractivity contribution < 1.29 is 18.7 Å². The normalized spacial score (nSPS) is 10.1. The number of benzene rings is 1. The van der Waals surface area contributed by atoms with E-state index in [1.165, 1.54) is 19.4 Å². The number of nitrogens with one attached hydrogen (secondary N) is 2. The van der Waals surface area contributed by atoms with Gasteiger partial charge in [-0.1, -0.05) is 18.2 Å². The second-order valence-electron chi connectivity index (χ2n) is 5.00. The Morgan fingerprint density at radius 2 is 1.96 bits per heavy atom. The minimum Gasteiger partial charge on any atom is -0.469 e. The van der Waals surface area contributed by atoms with Gasteiger partial charge in [-0.25, -0.2) is 9.37 Å². The maximum atomic E-state index is 13.5. The van der Waals surface area contributed by atoms with Gasteiger partial charge in [0.1, 0.15) is 11.6 Å². The molecule has 0 bridgehead atoms. The van der Waals surface area contributed by atoms with Gasteiger partial charge in [-0.3, -0.25) is 9.59 Å². The van der Waals surface area contributed by atoms with Gasteiger partial charge in [-0.05, 0) is 18.2 Å². The first kappa shape index (κ1) is 17.4. The van der Waals surface area contributed by atoms with E-state index < -0.39 is 5.97 Å². The van der Waals surface area contributed by atoms with Gasteiger partial charge >= 0.3 is 5.97 Å². The van der Waals surface area contributed by atoms with Gasteiger partial charge in [0.2, 0.25) is 5.91 Å². The van der Waals surface area contributed by atoms with Crippen LogP contribution in [0, 0.1) is 5.82 Å². The number of anilines is 2. The summed E-state index contributed by atoms with van der Waals surface area (Å²) in [4.78, 5) is 26.8. The van der Waals surface area contributed by atoms with E-state index in [1.54, 1.807) is 30.3 Å². The summed E-state index contributed by atoms with van der Waals surface area (Å²) in [7, 11) is 1.27. The van der Waals surface area contributed by atoms with Crippen molar-refractivity contribution in [2.45, 2.75) is 19.4 Å². The molecule has 0 saturated carbocycles. The lowest BCUT2D eigenvalue weighted by Gasteiger charge is -2.08. The fraction of sp³-hybridized carbons (Fsp3) is 0.235. The van der Waals surface area contributed by atoms with Crippen molar-refractivity contribution in [3.05, 3.63) is 54.0 Å². The average molecular weight is 331 g/mol. The van der Waals surface area contributed by atoms with Crippen LogP contribution >= 0.6 is 0 Å². The lowest BCUT2D eigenvalue weighted by atomic mass is 10.2. The number of hydrogen-bond acceptors (Lipinski definition) is 5. The molecule has 0 aliphatic heterocycles. The molecule has 7 heteroatoms. The number of halogens is 1. The Hall–Kier alpha value is -2.96. The first-order valence-electron chi connectivity index (χ1n) is 7.38. The molecule has 1 heterocycles. The quantitative estimate of drug-likeness (QED) is 0.763. The minimum absolute atomic E-state index is 0.0258. The highest BCUT2D eigenvalue weighted by Crippen LogP contribution is 2.13. The van der Waals surface area contributed by atoms with Gasteiger partial charge in [-0.2, -0.15) is 0 Å². The van der Waals surface area contributed by atoms with E-state index in [1.807, 2.05) is 0 Å². The summed E-state index contributed by atoms with van der Waals surface area (Å²) in [6, 6.07) is 9.84. The van der Waals surface area contributed by atoms with Crippen molar-refractivity contribution in [2.75, 3.05) is 17.7 Å². The smallest absolute Gasteiger partial charge is 0.306 e. The van der Waals surface area contributed by atoms with Crippen molar-refractivity contribution in [1.29, 1.82) is 0 Å². The molecule has 0 spiro atoms. The predicted molar refractivity (Wildman–Crippen MR) is 87.8 cm³/mol. The van der Waals surface area contributed by atoms with Crippen molar-refractivity contribution in [3.63, 3.8) is 0 Å². The van der Waals surface area contributed by atoms with Gasteiger partial charge in [0, 0.05) is 18.5 Å². The van der Waals surface area contributed by atoms with Crippen molar-refractivity contribution >= 4 is 23.4 Å². The maximum absolute atomic E-state index is 13.5. The molecule has 0 aliphatic carbocycles. The van der Waals surface area contributed by atoms with E-state index in [9.17, 15) is 14.0 Å². The summed E-state index contributed by atoms with van der Waals surface area (Å²) in [6.07, 6.45) is 1.55. The molecule has 126 valence electrons. The van der Waals surface area contributed by atoms with Crippen LogP contribution in [0.1, 0.15) is 18.4 Å². The van der Waals surface area contributed by atoms with Crippen molar-refractivity contribution in [2.24, 2.45) is 0 Å². The maximum Gasteiger partial charge on any atom is 0.306 e. The van der Waals surface area contributed by atoms with Gasteiger partial charge in [0.15, 0.2) is 0 Å². The largest absolute Gasteiger partial charge is 0.469 e. The summed E-state index contributed by atoms with van der Waals surface area (Å²) < 4.78 is 18.0. The topological polar surface area (TPSA) is 80.3 Å². The zero-order chi connectivity index (χ0) is 17.4. The highest BCUT2D eigenvalue weighted by molar-refractivity contribution is 5.92. The van der Waals surface area contributed by atoms with Gasteiger partial charge in [-0.15, -0.1) is 0 Å². The number of rotatable bonds is 7. The molecule has 0 saturated heterocycles. The molecular formula is C17H18FN3O3. The molecule has 2 N–H and O–H groups in total. The van der Waals surface area contributed by atoms with E-state index in [-0.39, 0.29) is 24.6 Å². The number of hydrogen-bond donors (Lipinski definition) is 2. The summed E-state index contributed by atoms with van der Waals surface area (Å²) in [6.45, 7) is 0.310. The molecule has 2 rings (SSSR count). The van der Waals surface area contributed by atoms with Crippen molar-refractivity contribution in [3.8, 4) is 0 Å². The molecule has 6 nitrogen and oxygen atoms in total. The van der Waals surface area contributed by atoms with Crippen molar-refractivity contribution in [1.82, 2.24) is 4.98 Å². The molecule has 1 aromatic carbocycles. The Balaban J connectivity index is 1.83. The predicted octanol–water partition coefficient (Wildman–Crippen LogP) is 2.72. The summed E-state index contributed by atoms with van der Waals surface area (Å²) >= 11 is 0. The highest BCUT2D eigenvalue weighted by atomic mass is 19.1. The lowest BCUT2D eigenvalue weighted by molar-refractivity contribution is -0.141. The number of methoxy groups -OCH3 is 1. The van der Waals surface area contributed by atoms with Crippen LogP contribution < -0.4 is 10.6 Å². The van der Waals surface area contributed by atoms with Gasteiger partial charge < -0.3 is 15.4 Å². The van der Waals surface area contributed by atoms with Crippen LogP contribution in [0.25, 0.3) is 0 Å². The molecule has 0 aliphatic rings. The second-order valence-corrected chi connectivity index (χ2v) is 5.00. The van der Waals surface area contributed by atoms with Gasteiger partial charge in [0.05, 0.1) is 25.4 Å². The summed E-state index contributed by atoms with van der Waals surface area (Å²) in [5.74, 6) is -0.449. The van der Waals surface area contributed by atoms with E-state index in [0.717, 1.165) is 0 Å². The summed E-state index contributed by atoms with van der Waals surface area (Å²) in [5, 5.41) is 5.64. The van der Waals surface area contributed by atoms with E-state index >= 15 is 0 Å². The number of aromatic nitrogens is 1. The Kier molecular flexibility index (Phi) is 6.24. The average Bonchev–Trinajstić information content (AvgIpc) is 2.60. The monoisotopic (exact) mass is 331 g/mol. The first-order chi connectivity index (χ1) is 11.6. The SMILES string of the molecule is COC(=O)CCC(=O)Nc1ccc(NCc2ccccc2F)nc1. The third-order valence-electron chi connectivity index (χ3n) is 3.25. The summed E-state index contributed by atoms with van der Waals surface area (Å²) in [5.41, 5.74) is 1.06. The molecule has 1 aromatic heterocycles. The Morgan fingerprint density at radius 3 is 2.62 bits per heavy atom. The Bertz CT molecular complexity index is 704. The third-order valence-corrected chi connectivity index (χ3v) is 3.25. The van der Waals surface area contributed by atoms with Crippen LogP contribution in [0.3, 0.4) is 0 Å². The van der Waals surface area contributed by atoms with Crippen LogP contribution in [-0.2, 0) is 20.9 Å². The fourth-order valence-electron chi connectivity index (χ4n) is 1.94. The molecule has 0 atom stereocenters. The molecule has 24 heavy (non-hydrogen) atoms. The third kappa shape index (κ3) is 5.35. The first-order valence-corrected chi connectivity index (χ1v) is 7.38. The fourth-order valence-corrected chi connectivity index (χ4v) is 1.94. The van der Waals surface area contributed by atoms with Crippen LogP contribution in [0.2, 0.25) is 0 Å². The highest BCUT2D eigenvalue weighted by Gasteiger charge is 2.07. The second kappa shape index (κ2) is 8.61. The number of carbonyl (C=O) groups is 2. The standard InChI is InChI=1S/C17H18FN3O3/c1-24-17(23)9-8-16(22)21-13-6-7-15(20-11-13)19-10-12-4-2-3-5-14(12)18/h2-7,11H,8-10H2,1H3,(H,19,20)(H,21,22). The number of amides is 1. The van der Waals surface area contributed by atoms with Crippen LogP contribution in [0.4, 0.5) is 15.9 Å². The molecule has 2 aromatic rings. The Morgan fingerprint density at radius 1 is 1.17 bits per heavy atom. The molecule has 0 radical (unpaired) electrons.